The number of aromatic carboxylic acids is 1. The van der Waals surface area contributed by atoms with Crippen LogP contribution in [0.4, 0.5) is 4.39 Å². The second-order valence-electron chi connectivity index (χ2n) is 4.10. The van der Waals surface area contributed by atoms with Gasteiger partial charge >= 0.3 is 5.97 Å². The van der Waals surface area contributed by atoms with Gasteiger partial charge in [0.1, 0.15) is 11.3 Å². The Morgan fingerprint density at radius 1 is 1.30 bits per heavy atom. The molecule has 1 aromatic heterocycles. The number of benzene rings is 2. The van der Waals surface area contributed by atoms with Crippen molar-refractivity contribution in [1.29, 1.82) is 0 Å². The van der Waals surface area contributed by atoms with Crippen LogP contribution in [-0.4, -0.2) is 16.1 Å². The Morgan fingerprint density at radius 2 is 2.10 bits per heavy atom. The first-order chi connectivity index (χ1) is 9.56. The molecule has 0 spiro atoms. The average molecular weight is 336 g/mol. The first-order valence-corrected chi connectivity index (χ1v) is 6.44. The Morgan fingerprint density at radius 3 is 2.85 bits per heavy atom. The molecule has 0 radical (unpaired) electrons. The summed E-state index contributed by atoms with van der Waals surface area (Å²) in [6.07, 6.45) is 0. The van der Waals surface area contributed by atoms with E-state index in [0.29, 0.717) is 15.6 Å². The predicted octanol–water partition coefficient (Wildman–Crippen LogP) is 4.09. The molecule has 6 heteroatoms. The monoisotopic (exact) mass is 335 g/mol. The molecule has 0 aliphatic heterocycles. The van der Waals surface area contributed by atoms with Crippen molar-refractivity contribution >= 4 is 33.0 Å². The zero-order valence-corrected chi connectivity index (χ0v) is 11.5. The van der Waals surface area contributed by atoms with Gasteiger partial charge in [0.05, 0.1) is 11.1 Å². The van der Waals surface area contributed by atoms with Crippen molar-refractivity contribution in [2.75, 3.05) is 0 Å². The lowest BCUT2D eigenvalue weighted by atomic mass is 10.2. The number of oxazole rings is 1. The third-order valence-electron chi connectivity index (χ3n) is 2.81. The number of fused-ring (bicyclic) bond motifs is 1. The lowest BCUT2D eigenvalue weighted by Gasteiger charge is -1.98. The number of halogens is 2. The molecule has 0 saturated carbocycles. The van der Waals surface area contributed by atoms with Gasteiger partial charge in [0, 0.05) is 4.47 Å². The highest BCUT2D eigenvalue weighted by molar-refractivity contribution is 9.10. The summed E-state index contributed by atoms with van der Waals surface area (Å²) < 4.78 is 19.4. The number of nitrogens with zero attached hydrogens (tertiary/aromatic N) is 1. The van der Waals surface area contributed by atoms with Crippen LogP contribution in [0.2, 0.25) is 0 Å². The van der Waals surface area contributed by atoms with Gasteiger partial charge in [0.15, 0.2) is 5.58 Å². The lowest BCUT2D eigenvalue weighted by Crippen LogP contribution is -1.96. The van der Waals surface area contributed by atoms with E-state index in [2.05, 4.69) is 20.9 Å². The van der Waals surface area contributed by atoms with E-state index < -0.39 is 11.8 Å². The fourth-order valence-corrected chi connectivity index (χ4v) is 2.31. The van der Waals surface area contributed by atoms with Gasteiger partial charge in [-0.25, -0.2) is 14.2 Å². The molecule has 1 N–H and O–H groups in total. The number of hydrogen-bond donors (Lipinski definition) is 1. The van der Waals surface area contributed by atoms with Crippen LogP contribution >= 0.6 is 15.9 Å². The van der Waals surface area contributed by atoms with Crippen molar-refractivity contribution in [3.63, 3.8) is 0 Å². The Bertz CT molecular complexity index is 828. The van der Waals surface area contributed by atoms with E-state index in [0.717, 1.165) is 0 Å². The predicted molar refractivity (Wildman–Crippen MR) is 74.1 cm³/mol. The van der Waals surface area contributed by atoms with Crippen LogP contribution in [-0.2, 0) is 0 Å². The minimum Gasteiger partial charge on any atom is -0.478 e. The number of carbonyl (C=O) groups is 1. The molecule has 20 heavy (non-hydrogen) atoms. The Balaban J connectivity index is 2.26. The summed E-state index contributed by atoms with van der Waals surface area (Å²) in [5.41, 5.74) is 1.06. The molecule has 0 aliphatic carbocycles. The maximum Gasteiger partial charge on any atom is 0.338 e. The maximum absolute atomic E-state index is 13.3. The van der Waals surface area contributed by atoms with Gasteiger partial charge in [-0.2, -0.15) is 0 Å². The fraction of sp³-hybridized carbons (Fsp3) is 0. The second kappa shape index (κ2) is 4.72. The first-order valence-electron chi connectivity index (χ1n) is 5.64. The molecule has 0 amide bonds. The van der Waals surface area contributed by atoms with Crippen molar-refractivity contribution in [2.24, 2.45) is 0 Å². The zero-order chi connectivity index (χ0) is 14.3. The number of rotatable bonds is 2. The molecular formula is C14H7BrFNO3. The van der Waals surface area contributed by atoms with Crippen LogP contribution in [0, 0.1) is 5.82 Å². The van der Waals surface area contributed by atoms with Crippen LogP contribution in [0.5, 0.6) is 0 Å². The van der Waals surface area contributed by atoms with Crippen LogP contribution in [0.25, 0.3) is 22.6 Å². The van der Waals surface area contributed by atoms with Crippen molar-refractivity contribution in [3.8, 4) is 11.5 Å². The Kier molecular flexibility index (Phi) is 3.02. The van der Waals surface area contributed by atoms with E-state index in [-0.39, 0.29) is 17.0 Å². The van der Waals surface area contributed by atoms with Gasteiger partial charge in [-0.3, -0.25) is 0 Å². The summed E-state index contributed by atoms with van der Waals surface area (Å²) in [7, 11) is 0. The van der Waals surface area contributed by atoms with E-state index in [1.165, 1.54) is 24.3 Å². The number of hydrogen-bond acceptors (Lipinski definition) is 3. The standard InChI is InChI=1S/C14H7BrFNO3/c15-10-5-4-7(16)6-9(10)13-17-12-8(14(18)19)2-1-3-11(12)20-13/h1-6H,(H,18,19). The molecule has 2 aromatic carbocycles. The average Bonchev–Trinajstić information content (AvgIpc) is 2.84. The minimum atomic E-state index is -1.09. The molecule has 0 aliphatic rings. The zero-order valence-electron chi connectivity index (χ0n) is 9.93. The summed E-state index contributed by atoms with van der Waals surface area (Å²) in [6.45, 7) is 0. The molecule has 4 nitrogen and oxygen atoms in total. The first kappa shape index (κ1) is 12.8. The highest BCUT2D eigenvalue weighted by Crippen LogP contribution is 2.31. The van der Waals surface area contributed by atoms with E-state index in [4.69, 9.17) is 9.52 Å². The van der Waals surface area contributed by atoms with E-state index in [1.807, 2.05) is 0 Å². The fourth-order valence-electron chi connectivity index (χ4n) is 1.90. The van der Waals surface area contributed by atoms with Crippen molar-refractivity contribution in [2.45, 2.75) is 0 Å². The van der Waals surface area contributed by atoms with Crippen LogP contribution in [0.3, 0.4) is 0 Å². The summed E-state index contributed by atoms with van der Waals surface area (Å²) >= 11 is 3.29. The van der Waals surface area contributed by atoms with Crippen molar-refractivity contribution in [1.82, 2.24) is 4.98 Å². The van der Waals surface area contributed by atoms with Gasteiger partial charge < -0.3 is 9.52 Å². The summed E-state index contributed by atoms with van der Waals surface area (Å²) in [4.78, 5) is 15.3. The lowest BCUT2D eigenvalue weighted by molar-refractivity contribution is 0.0699. The molecule has 0 saturated heterocycles. The number of carboxylic acids is 1. The number of para-hydroxylation sites is 1. The third-order valence-corrected chi connectivity index (χ3v) is 3.50. The van der Waals surface area contributed by atoms with Gasteiger partial charge in [0.2, 0.25) is 5.89 Å². The topological polar surface area (TPSA) is 63.3 Å². The minimum absolute atomic E-state index is 0.0463. The van der Waals surface area contributed by atoms with Gasteiger partial charge in [-0.1, -0.05) is 6.07 Å². The largest absolute Gasteiger partial charge is 0.478 e. The Labute approximate surface area is 121 Å². The van der Waals surface area contributed by atoms with Crippen LogP contribution in [0.1, 0.15) is 10.4 Å². The van der Waals surface area contributed by atoms with E-state index >= 15 is 0 Å². The van der Waals surface area contributed by atoms with Gasteiger partial charge in [-0.05, 0) is 46.3 Å². The van der Waals surface area contributed by atoms with Crippen molar-refractivity contribution < 1.29 is 18.7 Å². The SMILES string of the molecule is O=C(O)c1cccc2oc(-c3cc(F)ccc3Br)nc12. The number of carboxylic acid groups (broad SMARTS) is 1. The quantitative estimate of drug-likeness (QED) is 0.765. The molecular weight excluding hydrogens is 329 g/mol. The van der Waals surface area contributed by atoms with Gasteiger partial charge in [0.25, 0.3) is 0 Å². The van der Waals surface area contributed by atoms with Crippen LogP contribution < -0.4 is 0 Å². The molecule has 0 bridgehead atoms. The van der Waals surface area contributed by atoms with Gasteiger partial charge in [-0.15, -0.1) is 0 Å². The second-order valence-corrected chi connectivity index (χ2v) is 4.95. The Hall–Kier alpha value is -2.21. The molecule has 1 heterocycles. The van der Waals surface area contributed by atoms with E-state index in [9.17, 15) is 9.18 Å². The number of aromatic nitrogens is 1. The maximum atomic E-state index is 13.3. The van der Waals surface area contributed by atoms with Crippen LogP contribution in [0.15, 0.2) is 45.3 Å². The smallest absolute Gasteiger partial charge is 0.338 e. The molecule has 3 rings (SSSR count). The molecule has 0 fully saturated rings. The summed E-state index contributed by atoms with van der Waals surface area (Å²) in [6, 6.07) is 8.75. The van der Waals surface area contributed by atoms with E-state index in [1.54, 1.807) is 12.1 Å². The highest BCUT2D eigenvalue weighted by atomic mass is 79.9. The molecule has 0 unspecified atom stereocenters. The molecule has 0 atom stereocenters. The third kappa shape index (κ3) is 2.08. The normalized spacial score (nSPS) is 10.9. The molecule has 100 valence electrons. The highest BCUT2D eigenvalue weighted by Gasteiger charge is 2.17. The van der Waals surface area contributed by atoms with Crippen molar-refractivity contribution in [3.05, 3.63) is 52.3 Å². The summed E-state index contributed by atoms with van der Waals surface area (Å²) in [5, 5.41) is 9.11. The molecule has 3 aromatic rings. The summed E-state index contributed by atoms with van der Waals surface area (Å²) in [5.74, 6) is -1.35.